The molecule has 2 aliphatic carbocycles. The molecule has 3 aliphatic rings. The second-order valence-electron chi connectivity index (χ2n) is 15.5. The van der Waals surface area contributed by atoms with E-state index in [0.29, 0.717) is 46.7 Å². The third-order valence-corrected chi connectivity index (χ3v) is 11.6. The molecule has 4 atom stereocenters. The van der Waals surface area contributed by atoms with Gasteiger partial charge < -0.3 is 18.6 Å². The van der Waals surface area contributed by atoms with Crippen LogP contribution >= 0.6 is 0 Å². The van der Waals surface area contributed by atoms with Crippen molar-refractivity contribution in [2.75, 3.05) is 6.54 Å². The summed E-state index contributed by atoms with van der Waals surface area (Å²) in [5, 5.41) is 0.161. The summed E-state index contributed by atoms with van der Waals surface area (Å²) in [5.41, 5.74) is 0.00852. The van der Waals surface area contributed by atoms with Gasteiger partial charge in [0.05, 0.1) is 29.4 Å². The predicted molar refractivity (Wildman–Crippen MR) is 197 cm³/mol. The van der Waals surface area contributed by atoms with Crippen LogP contribution in [0.4, 0.5) is 4.79 Å². The fourth-order valence-corrected chi connectivity index (χ4v) is 8.29. The van der Waals surface area contributed by atoms with Gasteiger partial charge in [0, 0.05) is 23.8 Å². The number of allylic oxidation sites excluding steroid dienone is 1. The molecule has 7 rings (SSSR count). The van der Waals surface area contributed by atoms with Gasteiger partial charge in [0.25, 0.3) is 5.88 Å². The van der Waals surface area contributed by atoms with E-state index < -0.39 is 62.1 Å². The van der Waals surface area contributed by atoms with Gasteiger partial charge in [-0.15, -0.1) is 6.58 Å². The number of furan rings is 1. The molecule has 13 nitrogen and oxygen atoms in total. The zero-order valence-electron chi connectivity index (χ0n) is 30.5. The van der Waals surface area contributed by atoms with E-state index in [1.54, 1.807) is 26.8 Å². The molecule has 280 valence electrons. The molecule has 3 heterocycles. The second-order valence-corrected chi connectivity index (χ2v) is 17.4. The van der Waals surface area contributed by atoms with Crippen molar-refractivity contribution >= 4 is 49.9 Å². The fraction of sp³-hybridized carbons (Fsp3) is 0.462. The number of amides is 2. The van der Waals surface area contributed by atoms with E-state index in [1.165, 1.54) is 4.90 Å². The van der Waals surface area contributed by atoms with E-state index in [2.05, 4.69) is 11.3 Å². The fourth-order valence-electron chi connectivity index (χ4n) is 6.91. The van der Waals surface area contributed by atoms with Gasteiger partial charge in [-0.25, -0.2) is 18.2 Å². The van der Waals surface area contributed by atoms with E-state index >= 15 is 0 Å². The standard InChI is InChI=1S/C39H44N4O9S/c1-7-24-19-39(24,36(45)42-53(47,48)27-16-17-27)20-30(44)29-18-26(21-43(29)37(46)52-38(4,5)6)50-35-33-32(28-10-8-9-11-31(28)51-33)40-34(41-35)23-12-14-25(15-13-23)49-22(2)3/h7-15,22,24,26-27,29H,1,16-21H2,2-6H3,(H,42,45)/t24-,26-,29+,39-/m1/s1. The number of aromatic nitrogens is 2. The van der Waals surface area contributed by atoms with Crippen molar-refractivity contribution in [3.8, 4) is 23.0 Å². The number of rotatable bonds is 12. The molecule has 1 saturated heterocycles. The Morgan fingerprint density at radius 2 is 1.81 bits per heavy atom. The molecule has 4 aromatic rings. The summed E-state index contributed by atoms with van der Waals surface area (Å²) in [5.74, 6) is -0.304. The molecule has 2 aromatic carbocycles. The summed E-state index contributed by atoms with van der Waals surface area (Å²) < 4.78 is 51.8. The minimum Gasteiger partial charge on any atom is -0.491 e. The summed E-state index contributed by atoms with van der Waals surface area (Å²) in [6.45, 7) is 12.9. The van der Waals surface area contributed by atoms with Crippen LogP contribution in [0.1, 0.15) is 66.7 Å². The molecular formula is C39H44N4O9S. The summed E-state index contributed by atoms with van der Waals surface area (Å²) in [4.78, 5) is 52.2. The molecule has 53 heavy (non-hydrogen) atoms. The number of fused-ring (bicyclic) bond motifs is 3. The number of hydrogen-bond donors (Lipinski definition) is 1. The van der Waals surface area contributed by atoms with Gasteiger partial charge in [-0.1, -0.05) is 18.2 Å². The summed E-state index contributed by atoms with van der Waals surface area (Å²) in [6, 6.07) is 13.8. The number of ketones is 1. The topological polar surface area (TPSA) is 167 Å². The minimum absolute atomic E-state index is 0.00644. The summed E-state index contributed by atoms with van der Waals surface area (Å²) in [6.07, 6.45) is 1.16. The van der Waals surface area contributed by atoms with Gasteiger partial charge >= 0.3 is 6.09 Å². The summed E-state index contributed by atoms with van der Waals surface area (Å²) in [7, 11) is -3.84. The molecule has 0 spiro atoms. The lowest BCUT2D eigenvalue weighted by Gasteiger charge is -2.28. The van der Waals surface area contributed by atoms with Crippen molar-refractivity contribution in [2.45, 2.75) is 95.8 Å². The van der Waals surface area contributed by atoms with Gasteiger partial charge in [-0.3, -0.25) is 19.2 Å². The lowest BCUT2D eigenvalue weighted by molar-refractivity contribution is -0.131. The minimum atomic E-state index is -3.84. The van der Waals surface area contributed by atoms with Crippen molar-refractivity contribution < 1.29 is 41.4 Å². The van der Waals surface area contributed by atoms with E-state index in [1.807, 2.05) is 62.4 Å². The highest BCUT2D eigenvalue weighted by Gasteiger charge is 2.61. The number of sulfonamides is 1. The number of ether oxygens (including phenoxy) is 3. The van der Waals surface area contributed by atoms with Crippen LogP contribution in [0.2, 0.25) is 0 Å². The molecule has 3 fully saturated rings. The van der Waals surface area contributed by atoms with E-state index in [9.17, 15) is 22.8 Å². The third-order valence-electron chi connectivity index (χ3n) is 9.77. The van der Waals surface area contributed by atoms with Crippen LogP contribution in [0.25, 0.3) is 33.5 Å². The van der Waals surface area contributed by atoms with Crippen molar-refractivity contribution in [2.24, 2.45) is 11.3 Å². The molecular weight excluding hydrogens is 701 g/mol. The van der Waals surface area contributed by atoms with Crippen LogP contribution in [-0.2, 0) is 24.3 Å². The number of nitrogens with zero attached hydrogens (tertiary/aromatic N) is 3. The Hall–Kier alpha value is -4.98. The number of hydrogen-bond acceptors (Lipinski definition) is 11. The normalized spacial score (nSPS) is 22.9. The molecule has 1 aliphatic heterocycles. The summed E-state index contributed by atoms with van der Waals surface area (Å²) >= 11 is 0. The molecule has 1 N–H and O–H groups in total. The lowest BCUT2D eigenvalue weighted by Crippen LogP contribution is -2.46. The van der Waals surface area contributed by atoms with Crippen LogP contribution in [0.5, 0.6) is 11.6 Å². The molecule has 0 radical (unpaired) electrons. The average molecular weight is 745 g/mol. The monoisotopic (exact) mass is 744 g/mol. The molecule has 0 bridgehead atoms. The Labute approximate surface area is 308 Å². The van der Waals surface area contributed by atoms with E-state index in [-0.39, 0.29) is 37.8 Å². The van der Waals surface area contributed by atoms with Gasteiger partial charge in [-0.05, 0) is 96.2 Å². The highest BCUT2D eigenvalue weighted by molar-refractivity contribution is 7.90. The first-order valence-corrected chi connectivity index (χ1v) is 19.5. The zero-order valence-corrected chi connectivity index (χ0v) is 31.3. The van der Waals surface area contributed by atoms with Crippen LogP contribution in [0, 0.1) is 11.3 Å². The predicted octanol–water partition coefficient (Wildman–Crippen LogP) is 6.35. The van der Waals surface area contributed by atoms with Crippen molar-refractivity contribution in [1.82, 2.24) is 19.6 Å². The molecule has 2 saturated carbocycles. The molecule has 2 aromatic heterocycles. The quantitative estimate of drug-likeness (QED) is 0.161. The number of benzene rings is 2. The van der Waals surface area contributed by atoms with Gasteiger partial charge in [0.15, 0.2) is 11.6 Å². The largest absolute Gasteiger partial charge is 0.491 e. The number of nitrogens with one attached hydrogen (secondary N) is 1. The number of carbonyl (C=O) groups is 3. The Morgan fingerprint density at radius 3 is 2.45 bits per heavy atom. The van der Waals surface area contributed by atoms with Crippen LogP contribution in [0.15, 0.2) is 65.6 Å². The van der Waals surface area contributed by atoms with Crippen molar-refractivity contribution in [3.05, 3.63) is 61.2 Å². The van der Waals surface area contributed by atoms with Crippen LogP contribution < -0.4 is 14.2 Å². The molecule has 0 unspecified atom stereocenters. The first-order chi connectivity index (χ1) is 25.1. The number of para-hydroxylation sites is 1. The number of Topliss-reactive ketones (excluding diaryl/α,β-unsaturated/α-hetero) is 1. The molecule has 14 heteroatoms. The van der Waals surface area contributed by atoms with Crippen LogP contribution in [0.3, 0.4) is 0 Å². The Kier molecular flexibility index (Phi) is 9.24. The Morgan fingerprint density at radius 1 is 1.09 bits per heavy atom. The SMILES string of the molecule is C=C[C@@H]1C[C@]1(CC(=O)[C@@H]1C[C@@H](Oc2nc(-c3ccc(OC(C)C)cc3)nc3c2oc2ccccc23)CN1C(=O)OC(C)(C)C)C(=O)NS(=O)(=O)C1CC1. The molecule has 2 amide bonds. The first-order valence-electron chi connectivity index (χ1n) is 17.9. The van der Waals surface area contributed by atoms with Crippen LogP contribution in [-0.4, -0.2) is 76.7 Å². The average Bonchev–Trinajstić information content (AvgIpc) is 3.99. The number of carbonyl (C=O) groups excluding carboxylic acids is 3. The van der Waals surface area contributed by atoms with E-state index in [0.717, 1.165) is 5.39 Å². The van der Waals surface area contributed by atoms with E-state index in [4.69, 9.17) is 28.6 Å². The van der Waals surface area contributed by atoms with Crippen molar-refractivity contribution in [1.29, 1.82) is 0 Å². The maximum atomic E-state index is 14.2. The van der Waals surface area contributed by atoms with Gasteiger partial charge in [-0.2, -0.15) is 4.98 Å². The van der Waals surface area contributed by atoms with Gasteiger partial charge in [0.2, 0.25) is 21.5 Å². The second kappa shape index (κ2) is 13.5. The zero-order chi connectivity index (χ0) is 37.9. The Bertz CT molecular complexity index is 2210. The van der Waals surface area contributed by atoms with Gasteiger partial charge in [0.1, 0.15) is 28.6 Å². The smallest absolute Gasteiger partial charge is 0.411 e. The highest BCUT2D eigenvalue weighted by Crippen LogP contribution is 2.57. The number of likely N-dealkylation sites (tertiary alicyclic amines) is 1. The maximum Gasteiger partial charge on any atom is 0.411 e. The Balaban J connectivity index is 1.19. The lowest BCUT2D eigenvalue weighted by atomic mass is 9.91. The third kappa shape index (κ3) is 7.46. The maximum absolute atomic E-state index is 14.2. The van der Waals surface area contributed by atoms with Crippen molar-refractivity contribution in [3.63, 3.8) is 0 Å². The highest BCUT2D eigenvalue weighted by atomic mass is 32.2. The first kappa shape index (κ1) is 36.4.